The molecule has 3 rings (SSSR count). The molecule has 1 aromatic heterocycles. The van der Waals surface area contributed by atoms with Crippen LogP contribution in [0.2, 0.25) is 0 Å². The maximum absolute atomic E-state index is 10.6. The predicted molar refractivity (Wildman–Crippen MR) is 85.8 cm³/mol. The summed E-state index contributed by atoms with van der Waals surface area (Å²) in [5.41, 5.74) is 1.07. The largest absolute Gasteiger partial charge is 0.481 e. The number of hydrogen-bond acceptors (Lipinski definition) is 5. The average molecular weight is 316 g/mol. The smallest absolute Gasteiger partial charge is 0.304 e. The molecule has 0 aliphatic carbocycles. The van der Waals surface area contributed by atoms with Gasteiger partial charge in [0.25, 0.3) is 0 Å². The van der Waals surface area contributed by atoms with Gasteiger partial charge in [0.05, 0.1) is 11.3 Å². The molecule has 0 atom stereocenters. The van der Waals surface area contributed by atoms with Gasteiger partial charge in [0, 0.05) is 5.75 Å². The lowest BCUT2D eigenvalue weighted by Gasteiger charge is -2.03. The summed E-state index contributed by atoms with van der Waals surface area (Å²) in [6.07, 6.45) is 0.124. The first kappa shape index (κ1) is 14.0. The lowest BCUT2D eigenvalue weighted by atomic mass is 10.1. The minimum absolute atomic E-state index is 0.124. The molecular formula is C15H12N2O2S2. The van der Waals surface area contributed by atoms with Crippen molar-refractivity contribution in [3.63, 3.8) is 0 Å². The van der Waals surface area contributed by atoms with Gasteiger partial charge in [-0.3, -0.25) is 4.79 Å². The van der Waals surface area contributed by atoms with E-state index in [-0.39, 0.29) is 6.42 Å². The van der Waals surface area contributed by atoms with E-state index in [1.54, 1.807) is 0 Å². The van der Waals surface area contributed by atoms with Gasteiger partial charge in [-0.15, -0.1) is 16.9 Å². The molecule has 1 N–H and O–H groups in total. The van der Waals surface area contributed by atoms with E-state index in [0.29, 0.717) is 5.75 Å². The second-order valence-corrected chi connectivity index (χ2v) is 6.30. The molecule has 0 saturated carbocycles. The van der Waals surface area contributed by atoms with Gasteiger partial charge in [-0.2, -0.15) is 0 Å². The van der Waals surface area contributed by atoms with E-state index in [9.17, 15) is 4.79 Å². The van der Waals surface area contributed by atoms with E-state index in [4.69, 9.17) is 5.11 Å². The molecule has 21 heavy (non-hydrogen) atoms. The highest BCUT2D eigenvalue weighted by Gasteiger charge is 2.12. The summed E-state index contributed by atoms with van der Waals surface area (Å²) in [6.45, 7) is 0. The highest BCUT2D eigenvalue weighted by molar-refractivity contribution is 7.99. The molecule has 1 heterocycles. The van der Waals surface area contributed by atoms with Crippen LogP contribution in [-0.4, -0.2) is 26.4 Å². The van der Waals surface area contributed by atoms with Crippen molar-refractivity contribution in [1.29, 1.82) is 0 Å². The molecule has 0 unspecified atom stereocenters. The van der Waals surface area contributed by atoms with Crippen LogP contribution in [0.15, 0.2) is 47.5 Å². The van der Waals surface area contributed by atoms with Crippen LogP contribution < -0.4 is 0 Å². The summed E-state index contributed by atoms with van der Waals surface area (Å²) in [5.74, 6) is -0.292. The Bertz CT molecular complexity index is 786. The number of aliphatic carboxylic acids is 1. The molecule has 0 saturated heterocycles. The van der Waals surface area contributed by atoms with Crippen LogP contribution in [0.25, 0.3) is 21.2 Å². The summed E-state index contributed by atoms with van der Waals surface area (Å²) in [7, 11) is 0. The molecule has 0 radical (unpaired) electrons. The average Bonchev–Trinajstić information content (AvgIpc) is 2.95. The molecule has 0 spiro atoms. The molecule has 106 valence electrons. The number of carboxylic acids is 1. The van der Waals surface area contributed by atoms with Gasteiger partial charge < -0.3 is 5.11 Å². The lowest BCUT2D eigenvalue weighted by Crippen LogP contribution is -1.96. The molecule has 6 heteroatoms. The summed E-state index contributed by atoms with van der Waals surface area (Å²) in [4.78, 5) is 11.6. The van der Waals surface area contributed by atoms with Gasteiger partial charge in [0.2, 0.25) is 0 Å². The number of benzene rings is 2. The number of aromatic nitrogens is 2. The zero-order valence-electron chi connectivity index (χ0n) is 11.0. The Kier molecular flexibility index (Phi) is 4.17. The monoisotopic (exact) mass is 316 g/mol. The van der Waals surface area contributed by atoms with E-state index in [1.165, 1.54) is 34.1 Å². The number of thioether (sulfide) groups is 1. The van der Waals surface area contributed by atoms with Crippen molar-refractivity contribution >= 4 is 40.0 Å². The Morgan fingerprint density at radius 1 is 1.19 bits per heavy atom. The number of rotatable bonds is 5. The summed E-state index contributed by atoms with van der Waals surface area (Å²) in [5, 5.41) is 16.0. The third kappa shape index (κ3) is 3.22. The summed E-state index contributed by atoms with van der Waals surface area (Å²) >= 11 is 2.78. The maximum atomic E-state index is 10.6. The normalized spacial score (nSPS) is 10.9. The van der Waals surface area contributed by atoms with Gasteiger partial charge in [0.15, 0.2) is 0 Å². The Hall–Kier alpha value is -1.92. The Morgan fingerprint density at radius 3 is 2.81 bits per heavy atom. The number of nitrogens with zero attached hydrogens (tertiary/aromatic N) is 2. The zero-order chi connectivity index (χ0) is 14.7. The molecule has 2 aromatic carbocycles. The van der Waals surface area contributed by atoms with E-state index >= 15 is 0 Å². The molecule has 0 bridgehead atoms. The van der Waals surface area contributed by atoms with Crippen LogP contribution in [0.1, 0.15) is 6.42 Å². The lowest BCUT2D eigenvalue weighted by molar-refractivity contribution is -0.136. The van der Waals surface area contributed by atoms with Crippen molar-refractivity contribution in [3.05, 3.63) is 42.5 Å². The van der Waals surface area contributed by atoms with Crippen molar-refractivity contribution < 1.29 is 9.90 Å². The second-order valence-electron chi connectivity index (χ2n) is 4.46. The van der Waals surface area contributed by atoms with E-state index in [1.807, 2.05) is 12.1 Å². The van der Waals surface area contributed by atoms with Crippen molar-refractivity contribution in [2.24, 2.45) is 0 Å². The maximum Gasteiger partial charge on any atom is 0.304 e. The first-order valence-corrected chi connectivity index (χ1v) is 8.16. The number of hydrogen-bond donors (Lipinski definition) is 1. The minimum atomic E-state index is -0.794. The van der Waals surface area contributed by atoms with Crippen LogP contribution in [0.4, 0.5) is 0 Å². The van der Waals surface area contributed by atoms with E-state index in [2.05, 4.69) is 39.9 Å². The first-order chi connectivity index (χ1) is 10.2. The molecule has 0 aliphatic rings. The number of fused-ring (bicyclic) bond motifs is 1. The number of carbonyl (C=O) groups is 1. The third-order valence-corrected chi connectivity index (χ3v) is 4.90. The second kappa shape index (κ2) is 6.24. The van der Waals surface area contributed by atoms with Crippen LogP contribution in [0.3, 0.4) is 0 Å². The zero-order valence-corrected chi connectivity index (χ0v) is 12.7. The molecule has 0 aliphatic heterocycles. The van der Waals surface area contributed by atoms with Gasteiger partial charge >= 0.3 is 5.97 Å². The van der Waals surface area contributed by atoms with E-state index in [0.717, 1.165) is 15.5 Å². The van der Waals surface area contributed by atoms with Crippen molar-refractivity contribution in [2.45, 2.75) is 11.4 Å². The Labute approximate surface area is 130 Å². The van der Waals surface area contributed by atoms with Crippen LogP contribution >= 0.6 is 23.3 Å². The summed E-state index contributed by atoms with van der Waals surface area (Å²) < 4.78 is 4.00. The number of carboxylic acid groups (broad SMARTS) is 1. The standard InChI is InChI=1S/C15H12N2O2S2/c18-13(19)7-8-20-15-14(21-17-16-15)12-6-5-10-3-1-2-4-11(10)9-12/h1-6,9H,7-8H2,(H,18,19). The minimum Gasteiger partial charge on any atom is -0.481 e. The Balaban J connectivity index is 1.88. The van der Waals surface area contributed by atoms with Gasteiger partial charge in [-0.1, -0.05) is 40.9 Å². The van der Waals surface area contributed by atoms with Crippen LogP contribution in [-0.2, 0) is 4.79 Å². The van der Waals surface area contributed by atoms with Crippen LogP contribution in [0.5, 0.6) is 0 Å². The fourth-order valence-corrected chi connectivity index (χ4v) is 3.73. The van der Waals surface area contributed by atoms with Gasteiger partial charge in [0.1, 0.15) is 5.03 Å². The molecular weight excluding hydrogens is 304 g/mol. The van der Waals surface area contributed by atoms with Crippen molar-refractivity contribution in [3.8, 4) is 10.4 Å². The molecule has 0 amide bonds. The fourth-order valence-electron chi connectivity index (χ4n) is 2.02. The third-order valence-electron chi connectivity index (χ3n) is 3.02. The molecule has 0 fully saturated rings. The van der Waals surface area contributed by atoms with Crippen molar-refractivity contribution in [2.75, 3.05) is 5.75 Å². The highest BCUT2D eigenvalue weighted by atomic mass is 32.2. The topological polar surface area (TPSA) is 63.1 Å². The predicted octanol–water partition coefficient (Wildman–Crippen LogP) is 3.93. The van der Waals surface area contributed by atoms with Gasteiger partial charge in [-0.25, -0.2) is 0 Å². The summed E-state index contributed by atoms with van der Waals surface area (Å²) in [6, 6.07) is 14.4. The van der Waals surface area contributed by atoms with E-state index < -0.39 is 5.97 Å². The Morgan fingerprint density at radius 2 is 2.00 bits per heavy atom. The molecule has 4 nitrogen and oxygen atoms in total. The van der Waals surface area contributed by atoms with Crippen molar-refractivity contribution in [1.82, 2.24) is 9.59 Å². The quantitative estimate of drug-likeness (QED) is 0.723. The van der Waals surface area contributed by atoms with Gasteiger partial charge in [-0.05, 0) is 33.9 Å². The molecule has 3 aromatic rings. The fraction of sp³-hybridized carbons (Fsp3) is 0.133. The SMILES string of the molecule is O=C(O)CCSc1nnsc1-c1ccc2ccccc2c1. The highest BCUT2D eigenvalue weighted by Crippen LogP contribution is 2.34. The first-order valence-electron chi connectivity index (χ1n) is 6.40. The van der Waals surface area contributed by atoms with Crippen LogP contribution in [0, 0.1) is 0 Å².